The summed E-state index contributed by atoms with van der Waals surface area (Å²) in [5.74, 6) is 0.585. The first-order chi connectivity index (χ1) is 16.6. The Morgan fingerprint density at radius 1 is 1.12 bits per heavy atom. The second-order valence-corrected chi connectivity index (χ2v) is 9.24. The zero-order valence-electron chi connectivity index (χ0n) is 18.7. The highest BCUT2D eigenvalue weighted by molar-refractivity contribution is 7.22. The predicted octanol–water partition coefficient (Wildman–Crippen LogP) is 5.06. The molecule has 0 amide bonds. The Bertz CT molecular complexity index is 1420. The first-order valence-electron chi connectivity index (χ1n) is 10.9. The molecule has 0 radical (unpaired) electrons. The number of anilines is 1. The average Bonchev–Trinajstić information content (AvgIpc) is 3.53. The third-order valence-corrected chi connectivity index (χ3v) is 7.05. The van der Waals surface area contributed by atoms with Gasteiger partial charge in [-0.3, -0.25) is 4.68 Å². The van der Waals surface area contributed by atoms with E-state index in [0.717, 1.165) is 32.6 Å². The van der Waals surface area contributed by atoms with Crippen molar-refractivity contribution < 1.29 is 0 Å². The molecule has 1 unspecified atom stereocenters. The van der Waals surface area contributed by atoms with E-state index in [9.17, 15) is 0 Å². The second kappa shape index (κ2) is 9.84. The lowest BCUT2D eigenvalue weighted by atomic mass is 9.97. The van der Waals surface area contributed by atoms with Crippen LogP contribution in [0.4, 0.5) is 5.95 Å². The smallest absolute Gasteiger partial charge is 0.223 e. The molecule has 0 aliphatic heterocycles. The number of hydrogen-bond acceptors (Lipinski definition) is 8. The first kappa shape index (κ1) is 22.4. The van der Waals surface area contributed by atoms with E-state index >= 15 is 0 Å². The lowest BCUT2D eigenvalue weighted by Crippen LogP contribution is -2.13. The molecule has 4 heterocycles. The zero-order chi connectivity index (χ0) is 23.5. The van der Waals surface area contributed by atoms with Gasteiger partial charge in [-0.1, -0.05) is 35.0 Å². The summed E-state index contributed by atoms with van der Waals surface area (Å²) in [4.78, 5) is 14.5. The summed E-state index contributed by atoms with van der Waals surface area (Å²) in [5.41, 5.74) is 4.20. The minimum Gasteiger partial charge on any atom is -0.352 e. The van der Waals surface area contributed by atoms with Crippen LogP contribution >= 0.6 is 22.9 Å². The van der Waals surface area contributed by atoms with Crippen molar-refractivity contribution in [2.45, 2.75) is 19.5 Å². The molecular formula is C24H23ClN8S. The maximum absolute atomic E-state index is 6.30. The fourth-order valence-corrected chi connectivity index (χ4v) is 5.11. The van der Waals surface area contributed by atoms with Gasteiger partial charge in [0, 0.05) is 41.4 Å². The highest BCUT2D eigenvalue weighted by Gasteiger charge is 2.17. The second-order valence-electron chi connectivity index (χ2n) is 7.80. The number of rotatable bonds is 8. The lowest BCUT2D eigenvalue weighted by Gasteiger charge is -2.16. The number of pyridine rings is 1. The summed E-state index contributed by atoms with van der Waals surface area (Å²) in [5, 5.41) is 16.0. The van der Waals surface area contributed by atoms with Crippen molar-refractivity contribution in [2.75, 3.05) is 18.9 Å². The van der Waals surface area contributed by atoms with Gasteiger partial charge in [-0.2, -0.15) is 0 Å². The number of halogens is 1. The van der Waals surface area contributed by atoms with Crippen molar-refractivity contribution in [3.63, 3.8) is 0 Å². The molecular weight excluding hydrogens is 468 g/mol. The van der Waals surface area contributed by atoms with Gasteiger partial charge in [-0.05, 0) is 48.7 Å². The van der Waals surface area contributed by atoms with Gasteiger partial charge in [0.25, 0.3) is 0 Å². The molecule has 172 valence electrons. The summed E-state index contributed by atoms with van der Waals surface area (Å²) in [6.07, 6.45) is 7.12. The summed E-state index contributed by atoms with van der Waals surface area (Å²) in [6.45, 7) is 3.45. The van der Waals surface area contributed by atoms with E-state index in [2.05, 4.69) is 62.1 Å². The third-order valence-electron chi connectivity index (χ3n) is 5.64. The maximum atomic E-state index is 6.30. The van der Waals surface area contributed by atoms with Gasteiger partial charge in [-0.25, -0.2) is 15.0 Å². The number of fused-ring (bicyclic) bond motifs is 1. The number of aromatic nitrogens is 6. The van der Waals surface area contributed by atoms with Gasteiger partial charge >= 0.3 is 0 Å². The lowest BCUT2D eigenvalue weighted by molar-refractivity contribution is 0.607. The molecule has 0 fully saturated rings. The van der Waals surface area contributed by atoms with Crippen LogP contribution < -0.4 is 10.6 Å². The molecule has 0 spiro atoms. The van der Waals surface area contributed by atoms with Crippen LogP contribution in [0, 0.1) is 0 Å². The standard InChI is InChI=1S/C24H23ClN8S/c1-15(26-2)19-14-29-22(25)13-18(19)17-5-3-4-16-12-21(34-23(16)17)20-6-7-27-24(31-20)28-8-10-33-11-9-30-32-33/h3-7,9,11-15,26H,8,10H2,1-2H3,(H,27,28,31). The molecule has 5 aromatic rings. The molecule has 4 aromatic heterocycles. The molecule has 0 saturated heterocycles. The molecule has 1 atom stereocenters. The average molecular weight is 491 g/mol. The Hall–Kier alpha value is -3.40. The van der Waals surface area contributed by atoms with E-state index in [1.807, 2.05) is 31.6 Å². The van der Waals surface area contributed by atoms with E-state index < -0.39 is 0 Å². The largest absolute Gasteiger partial charge is 0.352 e. The molecule has 5 rings (SSSR count). The first-order valence-corrected chi connectivity index (χ1v) is 12.1. The highest BCUT2D eigenvalue weighted by atomic mass is 35.5. The van der Waals surface area contributed by atoms with Crippen LogP contribution in [0.3, 0.4) is 0 Å². The highest BCUT2D eigenvalue weighted by Crippen LogP contribution is 2.41. The van der Waals surface area contributed by atoms with Crippen LogP contribution in [0.2, 0.25) is 5.15 Å². The van der Waals surface area contributed by atoms with Crippen molar-refractivity contribution in [1.29, 1.82) is 0 Å². The van der Waals surface area contributed by atoms with Gasteiger partial charge in [0.15, 0.2) is 0 Å². The predicted molar refractivity (Wildman–Crippen MR) is 137 cm³/mol. The number of nitrogens with zero attached hydrogens (tertiary/aromatic N) is 6. The van der Waals surface area contributed by atoms with Gasteiger partial charge in [0.1, 0.15) is 5.15 Å². The van der Waals surface area contributed by atoms with Crippen LogP contribution in [0.15, 0.2) is 61.2 Å². The van der Waals surface area contributed by atoms with E-state index in [1.165, 1.54) is 4.70 Å². The van der Waals surface area contributed by atoms with Crippen LogP contribution in [0.25, 0.3) is 31.8 Å². The van der Waals surface area contributed by atoms with Gasteiger partial charge in [0.2, 0.25) is 5.95 Å². The number of hydrogen-bond donors (Lipinski definition) is 2. The monoisotopic (exact) mass is 490 g/mol. The Kier molecular flexibility index (Phi) is 6.48. The Morgan fingerprint density at radius 3 is 2.85 bits per heavy atom. The molecule has 1 aromatic carbocycles. The summed E-state index contributed by atoms with van der Waals surface area (Å²) < 4.78 is 2.95. The minimum atomic E-state index is 0.141. The quantitative estimate of drug-likeness (QED) is 0.294. The van der Waals surface area contributed by atoms with Crippen molar-refractivity contribution >= 4 is 39.0 Å². The van der Waals surface area contributed by atoms with E-state index in [4.69, 9.17) is 16.6 Å². The third kappa shape index (κ3) is 4.63. The molecule has 0 bridgehead atoms. The number of nitrogens with one attached hydrogen (secondary N) is 2. The molecule has 0 aliphatic carbocycles. The fraction of sp³-hybridized carbons (Fsp3) is 0.208. The van der Waals surface area contributed by atoms with Crippen LogP contribution in [0.5, 0.6) is 0 Å². The zero-order valence-corrected chi connectivity index (χ0v) is 20.3. The molecule has 8 nitrogen and oxygen atoms in total. The van der Waals surface area contributed by atoms with E-state index in [-0.39, 0.29) is 6.04 Å². The minimum absolute atomic E-state index is 0.141. The maximum Gasteiger partial charge on any atom is 0.223 e. The molecule has 0 saturated carbocycles. The Labute approximate surface area is 206 Å². The SMILES string of the molecule is CNC(C)c1cnc(Cl)cc1-c1cccc2cc(-c3ccnc(NCCn4ccnn4)n3)sc12. The van der Waals surface area contributed by atoms with Crippen molar-refractivity contribution in [1.82, 2.24) is 35.3 Å². The normalized spacial score (nSPS) is 12.2. The summed E-state index contributed by atoms with van der Waals surface area (Å²) in [7, 11) is 1.94. The van der Waals surface area contributed by atoms with Gasteiger partial charge < -0.3 is 10.6 Å². The number of thiophene rings is 1. The van der Waals surface area contributed by atoms with Crippen molar-refractivity contribution in [3.8, 4) is 21.7 Å². The number of benzene rings is 1. The molecule has 0 aliphatic rings. The fourth-order valence-electron chi connectivity index (χ4n) is 3.79. The summed E-state index contributed by atoms with van der Waals surface area (Å²) in [6, 6.07) is 12.5. The van der Waals surface area contributed by atoms with Crippen molar-refractivity contribution in [3.05, 3.63) is 71.9 Å². The van der Waals surface area contributed by atoms with E-state index in [0.29, 0.717) is 24.2 Å². The van der Waals surface area contributed by atoms with Gasteiger partial charge in [-0.15, -0.1) is 16.4 Å². The van der Waals surface area contributed by atoms with Crippen molar-refractivity contribution in [2.24, 2.45) is 0 Å². The Morgan fingerprint density at radius 2 is 2.03 bits per heavy atom. The van der Waals surface area contributed by atoms with Gasteiger partial charge in [0.05, 0.1) is 23.3 Å². The summed E-state index contributed by atoms with van der Waals surface area (Å²) >= 11 is 8.01. The molecule has 34 heavy (non-hydrogen) atoms. The topological polar surface area (TPSA) is 93.4 Å². The Balaban J connectivity index is 1.47. The van der Waals surface area contributed by atoms with Crippen LogP contribution in [-0.4, -0.2) is 43.5 Å². The van der Waals surface area contributed by atoms with E-state index in [1.54, 1.807) is 28.4 Å². The molecule has 10 heteroatoms. The van der Waals surface area contributed by atoms with Crippen LogP contribution in [0.1, 0.15) is 18.5 Å². The molecule has 2 N–H and O–H groups in total. The van der Waals surface area contributed by atoms with Crippen LogP contribution in [-0.2, 0) is 6.54 Å².